The van der Waals surface area contributed by atoms with Crippen LogP contribution in [0, 0.1) is 11.8 Å². The molecular formula is C36H56N4O5. The van der Waals surface area contributed by atoms with Crippen LogP contribution in [0.3, 0.4) is 0 Å². The van der Waals surface area contributed by atoms with Gasteiger partial charge in [0.2, 0.25) is 17.7 Å². The fraction of sp³-hybridized carbons (Fsp3) is 0.667. The molecule has 45 heavy (non-hydrogen) atoms. The van der Waals surface area contributed by atoms with E-state index < -0.39 is 12.1 Å². The van der Waals surface area contributed by atoms with Crippen LogP contribution in [0.2, 0.25) is 0 Å². The molecule has 0 spiro atoms. The highest BCUT2D eigenvalue weighted by atomic mass is 16.5. The first-order valence-electron chi connectivity index (χ1n) is 16.9. The maximum Gasteiger partial charge on any atom is 0.329 e. The van der Waals surface area contributed by atoms with Gasteiger partial charge in [-0.15, -0.1) is 0 Å². The first-order chi connectivity index (χ1) is 21.4. The van der Waals surface area contributed by atoms with Crippen molar-refractivity contribution in [2.75, 3.05) is 27.2 Å². The van der Waals surface area contributed by atoms with Crippen LogP contribution < -0.4 is 5.32 Å². The van der Waals surface area contributed by atoms with Gasteiger partial charge in [0.15, 0.2) is 0 Å². The van der Waals surface area contributed by atoms with E-state index in [1.807, 2.05) is 71.2 Å². The quantitative estimate of drug-likeness (QED) is 0.242. The van der Waals surface area contributed by atoms with Gasteiger partial charge in [0, 0.05) is 19.2 Å². The van der Waals surface area contributed by atoms with Gasteiger partial charge in [-0.2, -0.15) is 0 Å². The third-order valence-electron chi connectivity index (χ3n) is 9.31. The van der Waals surface area contributed by atoms with Crippen LogP contribution in [0.15, 0.2) is 42.0 Å². The predicted octanol–water partition coefficient (Wildman–Crippen LogP) is 5.12. The second kappa shape index (κ2) is 16.9. The van der Waals surface area contributed by atoms with E-state index in [1.165, 1.54) is 0 Å². The Kier molecular flexibility index (Phi) is 13.6. The topological polar surface area (TPSA) is 99.3 Å². The summed E-state index contributed by atoms with van der Waals surface area (Å²) in [5.74, 6) is -0.987. The molecule has 1 aromatic carbocycles. The van der Waals surface area contributed by atoms with Gasteiger partial charge < -0.3 is 19.9 Å². The molecule has 250 valence electrons. The number of nitrogens with one attached hydrogen (secondary N) is 1. The number of rotatable bonds is 13. The van der Waals surface area contributed by atoms with Crippen LogP contribution in [0.25, 0.3) is 0 Å². The Morgan fingerprint density at radius 2 is 1.64 bits per heavy atom. The Hall–Kier alpha value is -3.20. The first kappa shape index (κ1) is 36.3. The summed E-state index contributed by atoms with van der Waals surface area (Å²) in [6, 6.07) is 7.81. The van der Waals surface area contributed by atoms with E-state index in [4.69, 9.17) is 4.74 Å². The molecule has 0 radical (unpaired) electrons. The van der Waals surface area contributed by atoms with Gasteiger partial charge in [0.05, 0.1) is 12.1 Å². The zero-order valence-electron chi connectivity index (χ0n) is 28.8. The molecular weight excluding hydrogens is 568 g/mol. The molecule has 5 atom stereocenters. The lowest BCUT2D eigenvalue weighted by atomic mass is 9.96. The molecule has 1 N–H and O–H groups in total. The highest BCUT2D eigenvalue weighted by Gasteiger charge is 2.38. The molecule has 2 aliphatic rings. The average molecular weight is 625 g/mol. The largest absolute Gasteiger partial charge is 0.456 e. The lowest BCUT2D eigenvalue weighted by Crippen LogP contribution is -2.57. The van der Waals surface area contributed by atoms with Gasteiger partial charge in [0.1, 0.15) is 18.2 Å². The Labute approximate surface area is 270 Å². The monoisotopic (exact) mass is 624 g/mol. The number of amides is 3. The molecule has 2 heterocycles. The molecule has 0 aliphatic carbocycles. The summed E-state index contributed by atoms with van der Waals surface area (Å²) in [5, 5.41) is 3.05. The van der Waals surface area contributed by atoms with E-state index in [-0.39, 0.29) is 53.7 Å². The molecule has 9 heteroatoms. The molecule has 2 saturated heterocycles. The number of carbonyl (C=O) groups is 4. The number of ether oxygens (including phenoxy) is 1. The minimum atomic E-state index is -0.679. The SMILES string of the molecule is CCC[C@H](OC(=O)[C@@H]1CCCN1C(=O)/C(C)=C/[C@H](C(C)C)N(C)C(=O)[C@@H](NC(=O)C1CCCCN1C)C(C)C)c1ccccc1. The molecule has 2 fully saturated rings. The van der Waals surface area contributed by atoms with Crippen molar-refractivity contribution in [3.05, 3.63) is 47.5 Å². The van der Waals surface area contributed by atoms with Gasteiger partial charge >= 0.3 is 5.97 Å². The summed E-state index contributed by atoms with van der Waals surface area (Å²) in [6.45, 7) is 13.0. The number of carbonyl (C=O) groups excluding carboxylic acids is 4. The number of benzene rings is 1. The normalized spacial score (nSPS) is 21.4. The number of likely N-dealkylation sites (N-methyl/N-ethyl adjacent to an activating group) is 2. The number of likely N-dealkylation sites (tertiary alicyclic amines) is 2. The van der Waals surface area contributed by atoms with Crippen molar-refractivity contribution < 1.29 is 23.9 Å². The van der Waals surface area contributed by atoms with Gasteiger partial charge in [-0.05, 0) is 70.0 Å². The molecule has 1 unspecified atom stereocenters. The van der Waals surface area contributed by atoms with Crippen LogP contribution >= 0.6 is 0 Å². The summed E-state index contributed by atoms with van der Waals surface area (Å²) in [7, 11) is 3.70. The number of piperidine rings is 1. The summed E-state index contributed by atoms with van der Waals surface area (Å²) in [5.41, 5.74) is 1.43. The Bertz CT molecular complexity index is 1180. The summed E-state index contributed by atoms with van der Waals surface area (Å²) < 4.78 is 6.00. The minimum Gasteiger partial charge on any atom is -0.456 e. The van der Waals surface area contributed by atoms with E-state index in [0.29, 0.717) is 25.0 Å². The number of hydrogen-bond acceptors (Lipinski definition) is 6. The van der Waals surface area contributed by atoms with Gasteiger partial charge in [-0.3, -0.25) is 19.3 Å². The van der Waals surface area contributed by atoms with Crippen molar-refractivity contribution in [1.82, 2.24) is 20.0 Å². The van der Waals surface area contributed by atoms with Crippen LogP contribution in [0.4, 0.5) is 0 Å². The van der Waals surface area contributed by atoms with Crippen LogP contribution in [0.5, 0.6) is 0 Å². The van der Waals surface area contributed by atoms with Crippen molar-refractivity contribution in [3.63, 3.8) is 0 Å². The Balaban J connectivity index is 1.73. The molecule has 0 bridgehead atoms. The van der Waals surface area contributed by atoms with Gasteiger partial charge in [0.25, 0.3) is 0 Å². The van der Waals surface area contributed by atoms with E-state index >= 15 is 0 Å². The number of hydrogen-bond donors (Lipinski definition) is 1. The summed E-state index contributed by atoms with van der Waals surface area (Å²) in [4.78, 5) is 59.6. The summed E-state index contributed by atoms with van der Waals surface area (Å²) in [6.07, 6.45) is 7.20. The van der Waals surface area contributed by atoms with E-state index in [2.05, 4.69) is 17.1 Å². The zero-order chi connectivity index (χ0) is 33.3. The summed E-state index contributed by atoms with van der Waals surface area (Å²) >= 11 is 0. The van der Waals surface area contributed by atoms with Crippen molar-refractivity contribution >= 4 is 23.7 Å². The van der Waals surface area contributed by atoms with E-state index in [1.54, 1.807) is 23.8 Å². The fourth-order valence-electron chi connectivity index (χ4n) is 6.54. The van der Waals surface area contributed by atoms with Crippen LogP contribution in [0.1, 0.15) is 98.2 Å². The lowest BCUT2D eigenvalue weighted by Gasteiger charge is -2.36. The fourth-order valence-corrected chi connectivity index (χ4v) is 6.54. The molecule has 3 amide bonds. The molecule has 3 rings (SSSR count). The molecule has 9 nitrogen and oxygen atoms in total. The van der Waals surface area contributed by atoms with Gasteiger partial charge in [-0.25, -0.2) is 4.79 Å². The van der Waals surface area contributed by atoms with Gasteiger partial charge in [-0.1, -0.05) is 83.9 Å². The zero-order valence-corrected chi connectivity index (χ0v) is 28.8. The highest BCUT2D eigenvalue weighted by molar-refractivity contribution is 5.96. The smallest absolute Gasteiger partial charge is 0.329 e. The van der Waals surface area contributed by atoms with E-state index in [0.717, 1.165) is 44.2 Å². The second-order valence-corrected chi connectivity index (χ2v) is 13.5. The van der Waals surface area contributed by atoms with Crippen LogP contribution in [-0.2, 0) is 23.9 Å². The minimum absolute atomic E-state index is 0.00899. The third kappa shape index (κ3) is 9.41. The molecule has 2 aliphatic heterocycles. The molecule has 1 aromatic rings. The van der Waals surface area contributed by atoms with Crippen LogP contribution in [-0.4, -0.2) is 89.7 Å². The lowest BCUT2D eigenvalue weighted by molar-refractivity contribution is -0.158. The molecule has 0 saturated carbocycles. The van der Waals surface area contributed by atoms with Crippen molar-refractivity contribution in [2.45, 2.75) is 117 Å². The highest BCUT2D eigenvalue weighted by Crippen LogP contribution is 2.28. The first-order valence-corrected chi connectivity index (χ1v) is 16.9. The van der Waals surface area contributed by atoms with E-state index in [9.17, 15) is 19.2 Å². The Morgan fingerprint density at radius 1 is 0.978 bits per heavy atom. The Morgan fingerprint density at radius 3 is 2.24 bits per heavy atom. The number of nitrogens with zero attached hydrogens (tertiary/aromatic N) is 3. The standard InChI is InChI=1S/C36H56N4O5/c1-9-16-31(27-17-11-10-12-18-27)45-36(44)29-20-15-22-40(29)34(42)26(6)23-30(24(2)3)39(8)35(43)32(25(4)5)37-33(41)28-19-13-14-21-38(28)7/h10-12,17-18,23-25,28-32H,9,13-16,19-22H2,1-8H3,(H,37,41)/b26-23+/t28?,29-,30+,31-,32-/m0/s1. The molecule has 0 aromatic heterocycles. The average Bonchev–Trinajstić information content (AvgIpc) is 3.51. The third-order valence-corrected chi connectivity index (χ3v) is 9.31. The van der Waals surface area contributed by atoms with Crippen molar-refractivity contribution in [2.24, 2.45) is 11.8 Å². The van der Waals surface area contributed by atoms with Crippen molar-refractivity contribution in [3.8, 4) is 0 Å². The predicted molar refractivity (Wildman–Crippen MR) is 177 cm³/mol. The van der Waals surface area contributed by atoms with Crippen molar-refractivity contribution in [1.29, 1.82) is 0 Å². The maximum absolute atomic E-state index is 13.9. The second-order valence-electron chi connectivity index (χ2n) is 13.5. The maximum atomic E-state index is 13.9. The number of esters is 1.